The Labute approximate surface area is 96.9 Å². The van der Waals surface area contributed by atoms with Crippen molar-refractivity contribution in [3.63, 3.8) is 0 Å². The molecule has 1 heterocycles. The molecule has 0 N–H and O–H groups in total. The molecule has 1 aromatic rings. The Morgan fingerprint density at radius 1 is 1.53 bits per heavy atom. The largest absolute Gasteiger partial charge is 0.275 e. The van der Waals surface area contributed by atoms with Crippen molar-refractivity contribution in [1.82, 2.24) is 9.78 Å². The van der Waals surface area contributed by atoms with E-state index in [9.17, 15) is 0 Å². The molecule has 3 heteroatoms. The van der Waals surface area contributed by atoms with Crippen LogP contribution >= 0.6 is 11.6 Å². The summed E-state index contributed by atoms with van der Waals surface area (Å²) in [6.45, 7) is 8.54. The molecule has 2 nitrogen and oxygen atoms in total. The molecule has 84 valence electrons. The van der Waals surface area contributed by atoms with Crippen molar-refractivity contribution in [1.29, 1.82) is 0 Å². The lowest BCUT2D eigenvalue weighted by molar-refractivity contribution is 0.552. The van der Waals surface area contributed by atoms with Crippen LogP contribution in [0.1, 0.15) is 39.0 Å². The number of aromatic nitrogens is 2. The summed E-state index contributed by atoms with van der Waals surface area (Å²) in [5.74, 6) is 0.568. The SMILES string of the molecule is CC(=Cc1cn(C)nc1C(C)(C)C)CCl. The van der Waals surface area contributed by atoms with Crippen LogP contribution in [0.15, 0.2) is 11.8 Å². The highest BCUT2D eigenvalue weighted by Gasteiger charge is 2.20. The smallest absolute Gasteiger partial charge is 0.0750 e. The summed E-state index contributed by atoms with van der Waals surface area (Å²) in [7, 11) is 1.95. The maximum absolute atomic E-state index is 5.78. The maximum Gasteiger partial charge on any atom is 0.0750 e. The Morgan fingerprint density at radius 3 is 2.60 bits per heavy atom. The van der Waals surface area contributed by atoms with Gasteiger partial charge in [0, 0.05) is 30.1 Å². The number of alkyl halides is 1. The minimum absolute atomic E-state index is 0.0691. The lowest BCUT2D eigenvalue weighted by atomic mass is 9.89. The fourth-order valence-corrected chi connectivity index (χ4v) is 1.58. The Bertz CT molecular complexity index is 369. The molecule has 0 unspecified atom stereocenters. The van der Waals surface area contributed by atoms with Crippen LogP contribution in [-0.2, 0) is 12.5 Å². The molecule has 0 atom stereocenters. The van der Waals surface area contributed by atoms with Gasteiger partial charge < -0.3 is 0 Å². The number of allylic oxidation sites excluding steroid dienone is 1. The topological polar surface area (TPSA) is 17.8 Å². The fraction of sp³-hybridized carbons (Fsp3) is 0.583. The normalized spacial score (nSPS) is 13.3. The molecule has 0 bridgehead atoms. The van der Waals surface area contributed by atoms with Crippen LogP contribution in [-0.4, -0.2) is 15.7 Å². The number of aryl methyl sites for hydroxylation is 1. The average molecular weight is 227 g/mol. The van der Waals surface area contributed by atoms with E-state index >= 15 is 0 Å². The number of nitrogens with zero attached hydrogens (tertiary/aromatic N) is 2. The third-order valence-electron chi connectivity index (χ3n) is 2.18. The van der Waals surface area contributed by atoms with E-state index in [0.29, 0.717) is 5.88 Å². The Kier molecular flexibility index (Phi) is 3.61. The minimum atomic E-state index is 0.0691. The molecular weight excluding hydrogens is 208 g/mol. The van der Waals surface area contributed by atoms with Crippen LogP contribution in [0.25, 0.3) is 6.08 Å². The molecule has 1 rings (SSSR count). The van der Waals surface area contributed by atoms with Gasteiger partial charge in [-0.15, -0.1) is 11.6 Å². The van der Waals surface area contributed by atoms with Gasteiger partial charge in [-0.1, -0.05) is 32.4 Å². The lowest BCUT2D eigenvalue weighted by Crippen LogP contribution is -2.13. The summed E-state index contributed by atoms with van der Waals surface area (Å²) in [5.41, 5.74) is 3.52. The highest BCUT2D eigenvalue weighted by Crippen LogP contribution is 2.25. The molecule has 0 aliphatic rings. The summed E-state index contributed by atoms with van der Waals surface area (Å²) < 4.78 is 1.86. The quantitative estimate of drug-likeness (QED) is 0.708. The Hall–Kier alpha value is -0.760. The highest BCUT2D eigenvalue weighted by molar-refractivity contribution is 6.19. The van der Waals surface area contributed by atoms with Crippen molar-refractivity contribution in [3.05, 3.63) is 23.0 Å². The van der Waals surface area contributed by atoms with Crippen molar-refractivity contribution in [2.75, 3.05) is 5.88 Å². The zero-order chi connectivity index (χ0) is 11.6. The fourth-order valence-electron chi connectivity index (χ4n) is 1.50. The van der Waals surface area contributed by atoms with E-state index in [1.54, 1.807) is 0 Å². The summed E-state index contributed by atoms with van der Waals surface area (Å²) in [6.07, 6.45) is 4.15. The van der Waals surface area contributed by atoms with Crippen molar-refractivity contribution in [2.45, 2.75) is 33.1 Å². The molecule has 0 aromatic carbocycles. The van der Waals surface area contributed by atoms with Gasteiger partial charge in [0.1, 0.15) is 0 Å². The van der Waals surface area contributed by atoms with E-state index < -0.39 is 0 Å². The van der Waals surface area contributed by atoms with Crippen molar-refractivity contribution >= 4 is 17.7 Å². The van der Waals surface area contributed by atoms with E-state index in [-0.39, 0.29) is 5.41 Å². The van der Waals surface area contributed by atoms with Crippen LogP contribution in [0.2, 0.25) is 0 Å². The first kappa shape index (κ1) is 12.3. The van der Waals surface area contributed by atoms with Gasteiger partial charge in [0.2, 0.25) is 0 Å². The molecule has 15 heavy (non-hydrogen) atoms. The Morgan fingerprint density at radius 2 is 2.13 bits per heavy atom. The summed E-state index contributed by atoms with van der Waals surface area (Å²) >= 11 is 5.78. The summed E-state index contributed by atoms with van der Waals surface area (Å²) in [6, 6.07) is 0. The van der Waals surface area contributed by atoms with E-state index in [1.165, 1.54) is 5.56 Å². The van der Waals surface area contributed by atoms with Crippen LogP contribution in [0.3, 0.4) is 0 Å². The van der Waals surface area contributed by atoms with E-state index in [4.69, 9.17) is 11.6 Å². The van der Waals surface area contributed by atoms with Crippen LogP contribution in [0, 0.1) is 0 Å². The van der Waals surface area contributed by atoms with Crippen LogP contribution in [0.5, 0.6) is 0 Å². The third kappa shape index (κ3) is 3.10. The van der Waals surface area contributed by atoms with Gasteiger partial charge in [-0.3, -0.25) is 4.68 Å². The molecule has 0 saturated carbocycles. The predicted octanol–water partition coefficient (Wildman–Crippen LogP) is 3.36. The Balaban J connectivity index is 3.18. The molecule has 0 aliphatic carbocycles. The van der Waals surface area contributed by atoms with Gasteiger partial charge in [-0.05, 0) is 6.92 Å². The third-order valence-corrected chi connectivity index (χ3v) is 2.60. The van der Waals surface area contributed by atoms with Crippen LogP contribution in [0.4, 0.5) is 0 Å². The summed E-state index contributed by atoms with van der Waals surface area (Å²) in [5, 5.41) is 4.50. The van der Waals surface area contributed by atoms with Crippen molar-refractivity contribution in [3.8, 4) is 0 Å². The second-order valence-corrected chi connectivity index (χ2v) is 5.25. The second kappa shape index (κ2) is 4.40. The molecule has 0 saturated heterocycles. The standard InChI is InChI=1S/C12H19ClN2/c1-9(7-13)6-10-8-15(5)14-11(10)12(2,3)4/h6,8H,7H2,1-5H3. The van der Waals surface area contributed by atoms with Crippen LogP contribution < -0.4 is 0 Å². The number of rotatable bonds is 2. The first-order chi connectivity index (χ1) is 6.84. The first-order valence-corrected chi connectivity index (χ1v) is 5.65. The number of hydrogen-bond donors (Lipinski definition) is 0. The molecular formula is C12H19ClN2. The summed E-state index contributed by atoms with van der Waals surface area (Å²) in [4.78, 5) is 0. The van der Waals surface area contributed by atoms with Gasteiger partial charge in [0.05, 0.1) is 5.69 Å². The van der Waals surface area contributed by atoms with Crippen molar-refractivity contribution < 1.29 is 0 Å². The molecule has 0 fully saturated rings. The van der Waals surface area contributed by atoms with Crippen molar-refractivity contribution in [2.24, 2.45) is 7.05 Å². The van der Waals surface area contributed by atoms with Gasteiger partial charge in [-0.25, -0.2) is 0 Å². The van der Waals surface area contributed by atoms with E-state index in [2.05, 4.69) is 31.9 Å². The number of halogens is 1. The predicted molar refractivity (Wildman–Crippen MR) is 66.3 cm³/mol. The number of hydrogen-bond acceptors (Lipinski definition) is 1. The average Bonchev–Trinajstić information content (AvgIpc) is 2.45. The first-order valence-electron chi connectivity index (χ1n) is 5.12. The molecule has 0 spiro atoms. The highest BCUT2D eigenvalue weighted by atomic mass is 35.5. The lowest BCUT2D eigenvalue weighted by Gasteiger charge is -2.16. The minimum Gasteiger partial charge on any atom is -0.275 e. The van der Waals surface area contributed by atoms with Gasteiger partial charge >= 0.3 is 0 Å². The van der Waals surface area contributed by atoms with Gasteiger partial charge in [-0.2, -0.15) is 5.10 Å². The van der Waals surface area contributed by atoms with E-state index in [0.717, 1.165) is 11.3 Å². The van der Waals surface area contributed by atoms with E-state index in [1.807, 2.05) is 24.9 Å². The zero-order valence-corrected chi connectivity index (χ0v) is 10.9. The maximum atomic E-state index is 5.78. The van der Waals surface area contributed by atoms with Gasteiger partial charge in [0.15, 0.2) is 0 Å². The monoisotopic (exact) mass is 226 g/mol. The zero-order valence-electron chi connectivity index (χ0n) is 10.1. The molecule has 0 aliphatic heterocycles. The van der Waals surface area contributed by atoms with Gasteiger partial charge in [0.25, 0.3) is 0 Å². The molecule has 1 aromatic heterocycles. The molecule has 0 amide bonds. The molecule has 0 radical (unpaired) electrons. The second-order valence-electron chi connectivity index (χ2n) is 4.98.